The minimum atomic E-state index is -0.203. The van der Waals surface area contributed by atoms with Gasteiger partial charge in [-0.3, -0.25) is 9.69 Å². The van der Waals surface area contributed by atoms with Crippen molar-refractivity contribution in [3.63, 3.8) is 0 Å². The van der Waals surface area contributed by atoms with Crippen LogP contribution >= 0.6 is 0 Å². The molecule has 0 spiro atoms. The molecule has 2 aliphatic heterocycles. The van der Waals surface area contributed by atoms with Crippen LogP contribution in [0.2, 0.25) is 0 Å². The Labute approximate surface area is 137 Å². The Balaban J connectivity index is 1.48. The molecule has 4 nitrogen and oxygen atoms in total. The summed E-state index contributed by atoms with van der Waals surface area (Å²) in [5, 5.41) is 3.04. The molecule has 126 valence electrons. The van der Waals surface area contributed by atoms with Crippen molar-refractivity contribution in [2.75, 3.05) is 26.2 Å². The van der Waals surface area contributed by atoms with Gasteiger partial charge in [-0.25, -0.2) is 4.39 Å². The molecule has 0 aliphatic carbocycles. The number of rotatable bonds is 5. The summed E-state index contributed by atoms with van der Waals surface area (Å²) >= 11 is 0. The van der Waals surface area contributed by atoms with E-state index in [4.69, 9.17) is 4.74 Å². The second kappa shape index (κ2) is 7.88. The minimum absolute atomic E-state index is 0.0266. The van der Waals surface area contributed by atoms with Gasteiger partial charge in [0, 0.05) is 26.2 Å². The van der Waals surface area contributed by atoms with Gasteiger partial charge in [0.05, 0.1) is 12.0 Å². The number of carbonyl (C=O) groups is 1. The number of likely N-dealkylation sites (tertiary alicyclic amines) is 1. The highest BCUT2D eigenvalue weighted by molar-refractivity contribution is 5.79. The van der Waals surface area contributed by atoms with Crippen molar-refractivity contribution in [2.45, 2.75) is 38.3 Å². The van der Waals surface area contributed by atoms with Crippen molar-refractivity contribution >= 4 is 5.91 Å². The number of halogens is 1. The molecule has 23 heavy (non-hydrogen) atoms. The maximum atomic E-state index is 13.3. The van der Waals surface area contributed by atoms with E-state index in [1.807, 2.05) is 6.07 Å². The lowest BCUT2D eigenvalue weighted by atomic mass is 9.96. The Morgan fingerprint density at radius 2 is 2.26 bits per heavy atom. The zero-order chi connectivity index (χ0) is 16.1. The summed E-state index contributed by atoms with van der Waals surface area (Å²) in [6, 6.07) is 6.70. The average Bonchev–Trinajstić information content (AvgIpc) is 3.06. The van der Waals surface area contributed by atoms with Crippen molar-refractivity contribution in [1.82, 2.24) is 10.2 Å². The highest BCUT2D eigenvalue weighted by Crippen LogP contribution is 2.19. The number of hydrogen-bond acceptors (Lipinski definition) is 3. The highest BCUT2D eigenvalue weighted by Gasteiger charge is 2.26. The third-order valence-corrected chi connectivity index (χ3v) is 4.70. The molecule has 1 aromatic rings. The van der Waals surface area contributed by atoms with Crippen molar-refractivity contribution in [3.8, 4) is 0 Å². The zero-order valence-corrected chi connectivity index (χ0v) is 13.5. The van der Waals surface area contributed by atoms with Gasteiger partial charge in [-0.15, -0.1) is 0 Å². The van der Waals surface area contributed by atoms with Crippen LogP contribution in [0.15, 0.2) is 24.3 Å². The molecule has 3 rings (SSSR count). The summed E-state index contributed by atoms with van der Waals surface area (Å²) < 4.78 is 18.8. The lowest BCUT2D eigenvalue weighted by Crippen LogP contribution is -2.44. The minimum Gasteiger partial charge on any atom is -0.376 e. The predicted molar refractivity (Wildman–Crippen MR) is 86.4 cm³/mol. The lowest BCUT2D eigenvalue weighted by molar-refractivity contribution is -0.127. The lowest BCUT2D eigenvalue weighted by Gasteiger charge is -2.32. The van der Waals surface area contributed by atoms with Crippen LogP contribution < -0.4 is 5.32 Å². The number of nitrogens with one attached hydrogen (secondary N) is 1. The first-order chi connectivity index (χ1) is 11.2. The van der Waals surface area contributed by atoms with Gasteiger partial charge in [-0.05, 0) is 49.9 Å². The smallest absolute Gasteiger partial charge is 0.224 e. The first-order valence-electron chi connectivity index (χ1n) is 8.57. The van der Waals surface area contributed by atoms with E-state index in [-0.39, 0.29) is 23.7 Å². The molecule has 2 heterocycles. The molecule has 5 heteroatoms. The highest BCUT2D eigenvalue weighted by atomic mass is 19.1. The van der Waals surface area contributed by atoms with Crippen molar-refractivity contribution in [1.29, 1.82) is 0 Å². The SMILES string of the molecule is O=C(NC[C@H]1CCCO1)[C@@H]1CCCN(Cc2cccc(F)c2)C1. The Morgan fingerprint density at radius 3 is 3.04 bits per heavy atom. The Bertz CT molecular complexity index is 532. The molecule has 0 aromatic heterocycles. The first kappa shape index (κ1) is 16.4. The topological polar surface area (TPSA) is 41.6 Å². The van der Waals surface area contributed by atoms with Crippen LogP contribution in [0.5, 0.6) is 0 Å². The molecule has 0 radical (unpaired) electrons. The van der Waals surface area contributed by atoms with Gasteiger partial charge in [0.25, 0.3) is 0 Å². The molecule has 2 saturated heterocycles. The van der Waals surface area contributed by atoms with Gasteiger partial charge >= 0.3 is 0 Å². The zero-order valence-electron chi connectivity index (χ0n) is 13.5. The number of piperidine rings is 1. The van der Waals surface area contributed by atoms with Crippen LogP contribution in [0, 0.1) is 11.7 Å². The molecule has 1 aromatic carbocycles. The largest absolute Gasteiger partial charge is 0.376 e. The van der Waals surface area contributed by atoms with E-state index >= 15 is 0 Å². The molecular formula is C18H25FN2O2. The molecule has 1 amide bonds. The Hall–Kier alpha value is -1.46. The quantitative estimate of drug-likeness (QED) is 0.905. The van der Waals surface area contributed by atoms with Crippen LogP contribution in [-0.4, -0.2) is 43.2 Å². The van der Waals surface area contributed by atoms with Crippen molar-refractivity contribution in [2.24, 2.45) is 5.92 Å². The van der Waals surface area contributed by atoms with Crippen molar-refractivity contribution in [3.05, 3.63) is 35.6 Å². The fourth-order valence-corrected chi connectivity index (χ4v) is 3.47. The molecule has 2 fully saturated rings. The van der Waals surface area contributed by atoms with E-state index in [1.54, 1.807) is 12.1 Å². The van der Waals surface area contributed by atoms with E-state index in [9.17, 15) is 9.18 Å². The van der Waals surface area contributed by atoms with Crippen molar-refractivity contribution < 1.29 is 13.9 Å². The fourth-order valence-electron chi connectivity index (χ4n) is 3.47. The van der Waals surface area contributed by atoms with E-state index < -0.39 is 0 Å². The Morgan fingerprint density at radius 1 is 1.35 bits per heavy atom. The number of carbonyl (C=O) groups excluding carboxylic acids is 1. The summed E-state index contributed by atoms with van der Waals surface area (Å²) in [5.74, 6) is -0.0477. The van der Waals surface area contributed by atoms with E-state index in [1.165, 1.54) is 6.07 Å². The standard InChI is InChI=1S/C18H25FN2O2/c19-16-6-1-4-14(10-16)12-21-8-2-5-15(13-21)18(22)20-11-17-7-3-9-23-17/h1,4,6,10,15,17H,2-3,5,7-9,11-13H2,(H,20,22)/t15-,17-/m1/s1. The average molecular weight is 320 g/mol. The maximum Gasteiger partial charge on any atom is 0.224 e. The summed E-state index contributed by atoms with van der Waals surface area (Å²) in [4.78, 5) is 14.6. The van der Waals surface area contributed by atoms with E-state index in [0.717, 1.165) is 50.9 Å². The van der Waals surface area contributed by atoms with Gasteiger partial charge in [0.1, 0.15) is 5.82 Å². The summed E-state index contributed by atoms with van der Waals surface area (Å²) in [6.45, 7) is 3.85. The molecule has 0 bridgehead atoms. The van der Waals surface area contributed by atoms with Crippen LogP contribution in [-0.2, 0) is 16.1 Å². The normalized spacial score (nSPS) is 25.4. The second-order valence-electron chi connectivity index (χ2n) is 6.58. The van der Waals surface area contributed by atoms with Gasteiger partial charge < -0.3 is 10.1 Å². The van der Waals surface area contributed by atoms with Gasteiger partial charge in [0.15, 0.2) is 0 Å². The van der Waals surface area contributed by atoms with Gasteiger partial charge in [0.2, 0.25) is 5.91 Å². The number of nitrogens with zero attached hydrogens (tertiary/aromatic N) is 1. The first-order valence-corrected chi connectivity index (χ1v) is 8.57. The predicted octanol–water partition coefficient (Wildman–Crippen LogP) is 2.33. The molecular weight excluding hydrogens is 295 g/mol. The fraction of sp³-hybridized carbons (Fsp3) is 0.611. The number of benzene rings is 1. The molecule has 1 N–H and O–H groups in total. The summed E-state index contributed by atoms with van der Waals surface area (Å²) in [7, 11) is 0. The van der Waals surface area contributed by atoms with Gasteiger partial charge in [-0.1, -0.05) is 12.1 Å². The van der Waals surface area contributed by atoms with E-state index in [0.29, 0.717) is 13.1 Å². The molecule has 0 unspecified atom stereocenters. The second-order valence-corrected chi connectivity index (χ2v) is 6.58. The van der Waals surface area contributed by atoms with E-state index in [2.05, 4.69) is 10.2 Å². The van der Waals surface area contributed by atoms with Gasteiger partial charge in [-0.2, -0.15) is 0 Å². The van der Waals surface area contributed by atoms with Crippen LogP contribution in [0.25, 0.3) is 0 Å². The Kier molecular flexibility index (Phi) is 5.62. The maximum absolute atomic E-state index is 13.3. The third kappa shape index (κ3) is 4.75. The van der Waals surface area contributed by atoms with Crippen LogP contribution in [0.1, 0.15) is 31.2 Å². The molecule has 2 atom stereocenters. The summed E-state index contributed by atoms with van der Waals surface area (Å²) in [6.07, 6.45) is 4.25. The number of amides is 1. The molecule has 0 saturated carbocycles. The third-order valence-electron chi connectivity index (χ3n) is 4.70. The monoisotopic (exact) mass is 320 g/mol. The van der Waals surface area contributed by atoms with Crippen LogP contribution in [0.4, 0.5) is 4.39 Å². The summed E-state index contributed by atoms with van der Waals surface area (Å²) in [5.41, 5.74) is 0.963. The molecule has 2 aliphatic rings. The number of hydrogen-bond donors (Lipinski definition) is 1. The number of ether oxygens (including phenoxy) is 1. The van der Waals surface area contributed by atoms with Crippen LogP contribution in [0.3, 0.4) is 0 Å².